The smallest absolute Gasteiger partial charge is 0.161 e. The van der Waals surface area contributed by atoms with Crippen LogP contribution in [0.5, 0.6) is 11.5 Å². The molecule has 2 aromatic carbocycles. The third-order valence-electron chi connectivity index (χ3n) is 2.96. The van der Waals surface area contributed by atoms with Crippen molar-refractivity contribution >= 4 is 6.29 Å². The molecule has 0 radical (unpaired) electrons. The molecule has 6 heteroatoms. The minimum absolute atomic E-state index is 0.00272. The first-order chi connectivity index (χ1) is 10.0. The van der Waals surface area contributed by atoms with Crippen LogP contribution >= 0.6 is 0 Å². The van der Waals surface area contributed by atoms with Crippen molar-refractivity contribution in [2.75, 3.05) is 14.2 Å². The monoisotopic (exact) mass is 296 g/mol. The Labute approximate surface area is 118 Å². The molecule has 0 saturated carbocycles. The van der Waals surface area contributed by atoms with Crippen LogP contribution in [0.4, 0.5) is 13.2 Å². The van der Waals surface area contributed by atoms with Crippen molar-refractivity contribution in [2.45, 2.75) is 0 Å². The van der Waals surface area contributed by atoms with Crippen LogP contribution in [-0.2, 0) is 0 Å². The number of hydrogen-bond acceptors (Lipinski definition) is 3. The largest absolute Gasteiger partial charge is 0.493 e. The van der Waals surface area contributed by atoms with Crippen LogP contribution in [-0.4, -0.2) is 20.5 Å². The fourth-order valence-electron chi connectivity index (χ4n) is 2.01. The van der Waals surface area contributed by atoms with Gasteiger partial charge in [-0.2, -0.15) is 0 Å². The van der Waals surface area contributed by atoms with Crippen LogP contribution < -0.4 is 9.47 Å². The average molecular weight is 296 g/mol. The third kappa shape index (κ3) is 2.69. The molecular weight excluding hydrogens is 285 g/mol. The van der Waals surface area contributed by atoms with E-state index >= 15 is 0 Å². The van der Waals surface area contributed by atoms with Gasteiger partial charge in [0.05, 0.1) is 19.8 Å². The van der Waals surface area contributed by atoms with E-state index in [1.807, 2.05) is 0 Å². The Kier molecular flexibility index (Phi) is 4.16. The maximum atomic E-state index is 13.9. The lowest BCUT2D eigenvalue weighted by molar-refractivity contribution is 0.112. The lowest BCUT2D eigenvalue weighted by Crippen LogP contribution is -1.99. The summed E-state index contributed by atoms with van der Waals surface area (Å²) in [7, 11) is 2.71. The van der Waals surface area contributed by atoms with E-state index in [2.05, 4.69) is 0 Å². The summed E-state index contributed by atoms with van der Waals surface area (Å²) in [6.45, 7) is 0. The van der Waals surface area contributed by atoms with Gasteiger partial charge in [0.1, 0.15) is 17.5 Å². The number of halogens is 3. The highest BCUT2D eigenvalue weighted by atomic mass is 19.1. The van der Waals surface area contributed by atoms with Gasteiger partial charge in [-0.05, 0) is 12.1 Å². The molecule has 0 spiro atoms. The molecule has 0 bridgehead atoms. The summed E-state index contributed by atoms with van der Waals surface area (Å²) in [5.74, 6) is -2.82. The Balaban J connectivity index is 2.77. The first kappa shape index (κ1) is 14.9. The zero-order valence-electron chi connectivity index (χ0n) is 11.2. The molecule has 0 aliphatic heterocycles. The molecule has 2 aromatic rings. The zero-order valence-corrected chi connectivity index (χ0v) is 11.2. The van der Waals surface area contributed by atoms with Gasteiger partial charge in [0.25, 0.3) is 0 Å². The summed E-state index contributed by atoms with van der Waals surface area (Å²) in [6, 6.07) is 3.65. The lowest BCUT2D eigenvalue weighted by Gasteiger charge is -2.13. The van der Waals surface area contributed by atoms with Gasteiger partial charge in [-0.1, -0.05) is 0 Å². The SMILES string of the molecule is COc1cc(C=O)c(-c2c(F)cc(F)cc2F)cc1OC. The molecule has 3 nitrogen and oxygen atoms in total. The summed E-state index contributed by atoms with van der Waals surface area (Å²) >= 11 is 0. The zero-order chi connectivity index (χ0) is 15.6. The van der Waals surface area contributed by atoms with Crippen LogP contribution in [0.2, 0.25) is 0 Å². The minimum Gasteiger partial charge on any atom is -0.493 e. The maximum absolute atomic E-state index is 13.9. The van der Waals surface area contributed by atoms with E-state index in [9.17, 15) is 18.0 Å². The molecule has 0 unspecified atom stereocenters. The first-order valence-corrected chi connectivity index (χ1v) is 5.88. The van der Waals surface area contributed by atoms with E-state index in [4.69, 9.17) is 9.47 Å². The third-order valence-corrected chi connectivity index (χ3v) is 2.96. The Morgan fingerprint density at radius 1 is 0.905 bits per heavy atom. The fourth-order valence-corrected chi connectivity index (χ4v) is 2.01. The summed E-state index contributed by atoms with van der Waals surface area (Å²) in [5.41, 5.74) is -0.547. The topological polar surface area (TPSA) is 35.5 Å². The van der Waals surface area contributed by atoms with E-state index < -0.39 is 23.0 Å². The number of carbonyl (C=O) groups excluding carboxylic acids is 1. The second-order valence-corrected chi connectivity index (χ2v) is 4.16. The number of carbonyl (C=O) groups is 1. The van der Waals surface area contributed by atoms with Crippen molar-refractivity contribution in [2.24, 2.45) is 0 Å². The lowest BCUT2D eigenvalue weighted by atomic mass is 9.98. The molecule has 21 heavy (non-hydrogen) atoms. The van der Waals surface area contributed by atoms with E-state index in [0.29, 0.717) is 18.4 Å². The highest BCUT2D eigenvalue weighted by Gasteiger charge is 2.19. The molecule has 0 aliphatic rings. The van der Waals surface area contributed by atoms with Crippen LogP contribution in [0.3, 0.4) is 0 Å². The minimum atomic E-state index is -1.11. The molecule has 0 fully saturated rings. The van der Waals surface area contributed by atoms with Gasteiger partial charge in [0.15, 0.2) is 17.8 Å². The molecule has 0 aromatic heterocycles. The van der Waals surface area contributed by atoms with Gasteiger partial charge in [-0.3, -0.25) is 4.79 Å². The van der Waals surface area contributed by atoms with Crippen molar-refractivity contribution in [1.29, 1.82) is 0 Å². The van der Waals surface area contributed by atoms with Crippen LogP contribution in [0.1, 0.15) is 10.4 Å². The van der Waals surface area contributed by atoms with Gasteiger partial charge in [0, 0.05) is 23.3 Å². The molecule has 0 heterocycles. The molecule has 0 atom stereocenters. The quantitative estimate of drug-likeness (QED) is 0.809. The van der Waals surface area contributed by atoms with Crippen LogP contribution in [0.25, 0.3) is 11.1 Å². The molecule has 0 saturated heterocycles. The van der Waals surface area contributed by atoms with E-state index in [1.54, 1.807) is 0 Å². The van der Waals surface area contributed by atoms with E-state index in [1.165, 1.54) is 26.4 Å². The predicted octanol–water partition coefficient (Wildman–Crippen LogP) is 3.60. The van der Waals surface area contributed by atoms with Gasteiger partial charge in [0.2, 0.25) is 0 Å². The maximum Gasteiger partial charge on any atom is 0.161 e. The van der Waals surface area contributed by atoms with Crippen molar-refractivity contribution in [3.63, 3.8) is 0 Å². The Bertz CT molecular complexity index is 676. The average Bonchev–Trinajstić information content (AvgIpc) is 2.45. The standard InChI is InChI=1S/C15H11F3O3/c1-20-13-3-8(7-19)10(6-14(13)21-2)15-11(17)4-9(16)5-12(15)18/h3-7H,1-2H3. The number of ether oxygens (including phenoxy) is 2. The number of methoxy groups -OCH3 is 2. The van der Waals surface area contributed by atoms with E-state index in [-0.39, 0.29) is 22.6 Å². The fraction of sp³-hybridized carbons (Fsp3) is 0.133. The van der Waals surface area contributed by atoms with Gasteiger partial charge >= 0.3 is 0 Å². The first-order valence-electron chi connectivity index (χ1n) is 5.88. The molecule has 110 valence electrons. The summed E-state index contributed by atoms with van der Waals surface area (Å²) < 4.78 is 50.8. The Morgan fingerprint density at radius 2 is 1.43 bits per heavy atom. The summed E-state index contributed by atoms with van der Waals surface area (Å²) in [4.78, 5) is 11.1. The molecular formula is C15H11F3O3. The highest BCUT2D eigenvalue weighted by Crippen LogP contribution is 2.37. The Hall–Kier alpha value is -2.50. The highest BCUT2D eigenvalue weighted by molar-refractivity contribution is 5.89. The summed E-state index contributed by atoms with van der Waals surface area (Å²) in [5, 5.41) is 0. The predicted molar refractivity (Wildman–Crippen MR) is 70.2 cm³/mol. The number of aldehydes is 1. The summed E-state index contributed by atoms with van der Waals surface area (Å²) in [6.07, 6.45) is 0.430. The van der Waals surface area contributed by atoms with Crippen molar-refractivity contribution < 1.29 is 27.4 Å². The van der Waals surface area contributed by atoms with Gasteiger partial charge in [-0.15, -0.1) is 0 Å². The molecule has 2 rings (SSSR count). The van der Waals surface area contributed by atoms with Crippen molar-refractivity contribution in [3.8, 4) is 22.6 Å². The molecule has 0 aliphatic carbocycles. The number of rotatable bonds is 4. The number of hydrogen-bond donors (Lipinski definition) is 0. The van der Waals surface area contributed by atoms with Crippen LogP contribution in [0.15, 0.2) is 24.3 Å². The second kappa shape index (κ2) is 5.87. The molecule has 0 N–H and O–H groups in total. The van der Waals surface area contributed by atoms with Crippen molar-refractivity contribution in [3.05, 3.63) is 47.3 Å². The van der Waals surface area contributed by atoms with Crippen LogP contribution in [0, 0.1) is 17.5 Å². The second-order valence-electron chi connectivity index (χ2n) is 4.16. The molecule has 0 amide bonds. The van der Waals surface area contributed by atoms with E-state index in [0.717, 1.165) is 0 Å². The van der Waals surface area contributed by atoms with Gasteiger partial charge in [-0.25, -0.2) is 13.2 Å². The normalized spacial score (nSPS) is 10.3. The Morgan fingerprint density at radius 3 is 1.90 bits per heavy atom. The van der Waals surface area contributed by atoms with Gasteiger partial charge < -0.3 is 9.47 Å². The number of benzene rings is 2. The van der Waals surface area contributed by atoms with Crippen molar-refractivity contribution in [1.82, 2.24) is 0 Å².